The van der Waals surface area contributed by atoms with Gasteiger partial charge >= 0.3 is 0 Å². The molecule has 0 unspecified atom stereocenters. The van der Waals surface area contributed by atoms with E-state index >= 15 is 0 Å². The molecule has 0 radical (unpaired) electrons. The van der Waals surface area contributed by atoms with Gasteiger partial charge in [0.05, 0.1) is 0 Å². The van der Waals surface area contributed by atoms with Crippen LogP contribution in [0.3, 0.4) is 0 Å². The Hall–Kier alpha value is -2.55. The predicted molar refractivity (Wildman–Crippen MR) is 108 cm³/mol. The predicted octanol–water partition coefficient (Wildman–Crippen LogP) is 4.76. The molecule has 3 rings (SSSR count). The van der Waals surface area contributed by atoms with E-state index in [1.54, 1.807) is 0 Å². The van der Waals surface area contributed by atoms with Crippen LogP contribution in [0.15, 0.2) is 54.7 Å². The number of aromatic amines is 1. The number of hydrogen-bond donors (Lipinski definition) is 2. The summed E-state index contributed by atoms with van der Waals surface area (Å²) in [5.74, 6) is 0.115. The highest BCUT2D eigenvalue weighted by atomic mass is 16.1. The molecule has 3 nitrogen and oxygen atoms in total. The minimum Gasteiger partial charge on any atom is -0.361 e. The summed E-state index contributed by atoms with van der Waals surface area (Å²) >= 11 is 0. The second-order valence-electron chi connectivity index (χ2n) is 7.91. The molecule has 2 N–H and O–H groups in total. The molecule has 3 aromatic rings. The average Bonchev–Trinajstić information content (AvgIpc) is 3.03. The van der Waals surface area contributed by atoms with Crippen LogP contribution < -0.4 is 5.32 Å². The number of H-pyrrole nitrogens is 1. The maximum Gasteiger partial charge on any atom is 0.220 e. The van der Waals surface area contributed by atoms with Gasteiger partial charge in [0.25, 0.3) is 0 Å². The molecule has 1 heterocycles. The second kappa shape index (κ2) is 7.77. The quantitative estimate of drug-likeness (QED) is 0.663. The lowest BCUT2D eigenvalue weighted by atomic mass is 9.86. The van der Waals surface area contributed by atoms with Crippen LogP contribution in [0.2, 0.25) is 0 Å². The fraction of sp³-hybridized carbons (Fsp3) is 0.348. The van der Waals surface area contributed by atoms with Crippen molar-refractivity contribution in [3.8, 4) is 0 Å². The highest BCUT2D eigenvalue weighted by molar-refractivity contribution is 5.83. The number of aryl methyl sites for hydroxylation is 1. The third-order valence-electron chi connectivity index (χ3n) is 4.85. The van der Waals surface area contributed by atoms with Gasteiger partial charge in [0.15, 0.2) is 0 Å². The maximum absolute atomic E-state index is 12.1. The molecule has 1 aromatic heterocycles. The van der Waals surface area contributed by atoms with Crippen molar-refractivity contribution in [1.29, 1.82) is 0 Å². The van der Waals surface area contributed by atoms with Gasteiger partial charge in [-0.05, 0) is 41.0 Å². The van der Waals surface area contributed by atoms with Crippen LogP contribution in [0.4, 0.5) is 0 Å². The molecule has 0 saturated heterocycles. The van der Waals surface area contributed by atoms with E-state index in [1.165, 1.54) is 22.1 Å². The summed E-state index contributed by atoms with van der Waals surface area (Å²) in [7, 11) is 0. The Balaban J connectivity index is 1.44. The number of benzene rings is 2. The number of fused-ring (bicyclic) bond motifs is 1. The van der Waals surface area contributed by atoms with Gasteiger partial charge in [-0.15, -0.1) is 0 Å². The van der Waals surface area contributed by atoms with Gasteiger partial charge < -0.3 is 10.3 Å². The van der Waals surface area contributed by atoms with E-state index in [0.29, 0.717) is 13.0 Å². The smallest absolute Gasteiger partial charge is 0.220 e. The fourth-order valence-corrected chi connectivity index (χ4v) is 3.19. The summed E-state index contributed by atoms with van der Waals surface area (Å²) in [6, 6.07) is 16.9. The van der Waals surface area contributed by atoms with E-state index in [4.69, 9.17) is 0 Å². The Labute approximate surface area is 155 Å². The third-order valence-corrected chi connectivity index (χ3v) is 4.85. The van der Waals surface area contributed by atoms with E-state index in [0.717, 1.165) is 18.4 Å². The Morgan fingerprint density at radius 2 is 1.73 bits per heavy atom. The van der Waals surface area contributed by atoms with Gasteiger partial charge in [-0.3, -0.25) is 4.79 Å². The number of amides is 1. The summed E-state index contributed by atoms with van der Waals surface area (Å²) < 4.78 is 0. The molecule has 0 atom stereocenters. The van der Waals surface area contributed by atoms with Gasteiger partial charge in [-0.25, -0.2) is 0 Å². The van der Waals surface area contributed by atoms with Crippen molar-refractivity contribution in [3.05, 3.63) is 71.4 Å². The third kappa shape index (κ3) is 4.54. The summed E-state index contributed by atoms with van der Waals surface area (Å²) in [6.07, 6.45) is 4.19. The van der Waals surface area contributed by atoms with E-state index in [9.17, 15) is 4.79 Å². The molecule has 0 saturated carbocycles. The molecule has 0 aliphatic carbocycles. The van der Waals surface area contributed by atoms with Gasteiger partial charge in [0.1, 0.15) is 0 Å². The highest BCUT2D eigenvalue weighted by Gasteiger charge is 2.13. The Morgan fingerprint density at radius 1 is 1.00 bits per heavy atom. The SMILES string of the molecule is CC(C)(C)c1ccc(CCC(=O)NCCc2c[nH]c3ccccc23)cc1. The van der Waals surface area contributed by atoms with Crippen molar-refractivity contribution in [1.82, 2.24) is 10.3 Å². The van der Waals surface area contributed by atoms with Crippen molar-refractivity contribution < 1.29 is 4.79 Å². The number of rotatable bonds is 6. The number of nitrogens with one attached hydrogen (secondary N) is 2. The van der Waals surface area contributed by atoms with E-state index < -0.39 is 0 Å². The lowest BCUT2D eigenvalue weighted by Crippen LogP contribution is -2.25. The largest absolute Gasteiger partial charge is 0.361 e. The van der Waals surface area contributed by atoms with Crippen molar-refractivity contribution >= 4 is 16.8 Å². The number of carbonyl (C=O) groups is 1. The summed E-state index contributed by atoms with van der Waals surface area (Å²) in [5.41, 5.74) is 5.10. The van der Waals surface area contributed by atoms with Crippen molar-refractivity contribution in [2.45, 2.75) is 45.4 Å². The normalized spacial score (nSPS) is 11.7. The average molecular weight is 348 g/mol. The first-order valence-electron chi connectivity index (χ1n) is 9.34. The van der Waals surface area contributed by atoms with Gasteiger partial charge in [-0.2, -0.15) is 0 Å². The Bertz CT molecular complexity index is 869. The zero-order chi connectivity index (χ0) is 18.6. The summed E-state index contributed by atoms with van der Waals surface area (Å²) in [4.78, 5) is 15.4. The molecule has 0 bridgehead atoms. The standard InChI is InChI=1S/C23H28N2O/c1-23(2,3)19-11-8-17(9-12-19)10-13-22(26)24-15-14-18-16-25-21-7-5-4-6-20(18)21/h4-9,11-12,16,25H,10,13-15H2,1-3H3,(H,24,26). The van der Waals surface area contributed by atoms with Crippen molar-refractivity contribution in [3.63, 3.8) is 0 Å². The number of para-hydroxylation sites is 1. The molecule has 0 aliphatic heterocycles. The lowest BCUT2D eigenvalue weighted by Gasteiger charge is -2.19. The maximum atomic E-state index is 12.1. The second-order valence-corrected chi connectivity index (χ2v) is 7.91. The van der Waals surface area contributed by atoms with Crippen LogP contribution >= 0.6 is 0 Å². The fourth-order valence-electron chi connectivity index (χ4n) is 3.19. The van der Waals surface area contributed by atoms with Crippen LogP contribution in [0.1, 0.15) is 43.9 Å². The molecule has 136 valence electrons. The molecule has 0 fully saturated rings. The molecule has 2 aromatic carbocycles. The molecule has 0 spiro atoms. The molecule has 0 aliphatic rings. The molecule has 26 heavy (non-hydrogen) atoms. The molecule has 1 amide bonds. The minimum absolute atomic E-state index is 0.115. The van der Waals surface area contributed by atoms with Crippen LogP contribution in [0.25, 0.3) is 10.9 Å². The van der Waals surface area contributed by atoms with E-state index in [1.807, 2.05) is 18.3 Å². The minimum atomic E-state index is 0.115. The first-order chi connectivity index (χ1) is 12.4. The van der Waals surface area contributed by atoms with Crippen LogP contribution in [0, 0.1) is 0 Å². The van der Waals surface area contributed by atoms with Gasteiger partial charge in [0.2, 0.25) is 5.91 Å². The number of hydrogen-bond acceptors (Lipinski definition) is 1. The van der Waals surface area contributed by atoms with Crippen molar-refractivity contribution in [2.75, 3.05) is 6.54 Å². The Morgan fingerprint density at radius 3 is 2.46 bits per heavy atom. The van der Waals surface area contributed by atoms with Crippen LogP contribution in [0.5, 0.6) is 0 Å². The zero-order valence-corrected chi connectivity index (χ0v) is 15.9. The molecule has 3 heteroatoms. The van der Waals surface area contributed by atoms with Crippen LogP contribution in [-0.2, 0) is 23.1 Å². The first kappa shape index (κ1) is 18.2. The lowest BCUT2D eigenvalue weighted by molar-refractivity contribution is -0.121. The van der Waals surface area contributed by atoms with E-state index in [-0.39, 0.29) is 11.3 Å². The van der Waals surface area contributed by atoms with E-state index in [2.05, 4.69) is 67.5 Å². The molecular formula is C23H28N2O. The first-order valence-corrected chi connectivity index (χ1v) is 9.34. The topological polar surface area (TPSA) is 44.9 Å². The Kier molecular flexibility index (Phi) is 5.46. The summed E-state index contributed by atoms with van der Waals surface area (Å²) in [6.45, 7) is 7.30. The van der Waals surface area contributed by atoms with Crippen LogP contribution in [-0.4, -0.2) is 17.4 Å². The van der Waals surface area contributed by atoms with Gasteiger partial charge in [0, 0.05) is 30.1 Å². The van der Waals surface area contributed by atoms with Gasteiger partial charge in [-0.1, -0.05) is 63.2 Å². The zero-order valence-electron chi connectivity index (χ0n) is 15.9. The van der Waals surface area contributed by atoms with Crippen molar-refractivity contribution in [2.24, 2.45) is 0 Å². The summed E-state index contributed by atoms with van der Waals surface area (Å²) in [5, 5.41) is 4.28. The highest BCUT2D eigenvalue weighted by Crippen LogP contribution is 2.22. The molecular weight excluding hydrogens is 320 g/mol. The number of aromatic nitrogens is 1. The number of carbonyl (C=O) groups excluding carboxylic acids is 1. The monoisotopic (exact) mass is 348 g/mol.